The van der Waals surface area contributed by atoms with E-state index in [1.807, 2.05) is 0 Å². The van der Waals surface area contributed by atoms with Crippen LogP contribution in [0, 0.1) is 11.2 Å². The van der Waals surface area contributed by atoms with Gasteiger partial charge in [-0.05, 0) is 49.9 Å². The highest BCUT2D eigenvalue weighted by atomic mass is 35.5. The molecule has 0 unspecified atom stereocenters. The predicted molar refractivity (Wildman–Crippen MR) is 78.2 cm³/mol. The lowest BCUT2D eigenvalue weighted by Gasteiger charge is -2.42. The Morgan fingerprint density at radius 1 is 1.35 bits per heavy atom. The van der Waals surface area contributed by atoms with Crippen LogP contribution in [0.2, 0.25) is 5.02 Å². The standard InChI is InChI=1S/C16H21ClFNO/c17-13-9-12(4-5-14(13)18)10-19-8-2-7-16(11-19)6-1-3-15(16)20/h4-5,9,15,20H,1-3,6-8,10-11H2/t15-,16-/m1/s1. The second kappa shape index (κ2) is 5.63. The molecule has 1 heterocycles. The molecule has 4 heteroatoms. The molecule has 1 aliphatic heterocycles. The smallest absolute Gasteiger partial charge is 0.141 e. The van der Waals surface area contributed by atoms with Gasteiger partial charge in [0.25, 0.3) is 0 Å². The normalized spacial score (nSPS) is 31.1. The third-order valence-corrected chi connectivity index (χ3v) is 5.23. The second-order valence-corrected chi connectivity index (χ2v) is 6.74. The number of nitrogens with zero attached hydrogens (tertiary/aromatic N) is 1. The number of hydrogen-bond donors (Lipinski definition) is 1. The van der Waals surface area contributed by atoms with Gasteiger partial charge in [-0.2, -0.15) is 0 Å². The van der Waals surface area contributed by atoms with Crippen LogP contribution in [0.25, 0.3) is 0 Å². The Morgan fingerprint density at radius 3 is 2.85 bits per heavy atom. The van der Waals surface area contributed by atoms with Crippen LogP contribution in [-0.4, -0.2) is 29.2 Å². The SMILES string of the molecule is O[C@@H]1CCC[C@]12CCCN(Cc1ccc(F)c(Cl)c1)C2. The van der Waals surface area contributed by atoms with Crippen LogP contribution in [0.4, 0.5) is 4.39 Å². The predicted octanol–water partition coefficient (Wildman–Crippen LogP) is 3.61. The minimum absolute atomic E-state index is 0.0993. The third-order valence-electron chi connectivity index (χ3n) is 4.94. The quantitative estimate of drug-likeness (QED) is 0.901. The molecule has 1 aliphatic carbocycles. The number of aliphatic hydroxyl groups is 1. The van der Waals surface area contributed by atoms with E-state index < -0.39 is 0 Å². The Kier molecular flexibility index (Phi) is 4.02. The highest BCUT2D eigenvalue weighted by Gasteiger charge is 2.44. The largest absolute Gasteiger partial charge is 0.393 e. The maximum atomic E-state index is 13.2. The molecule has 3 rings (SSSR count). The monoisotopic (exact) mass is 297 g/mol. The number of aliphatic hydroxyl groups excluding tert-OH is 1. The molecular weight excluding hydrogens is 277 g/mol. The summed E-state index contributed by atoms with van der Waals surface area (Å²) in [6.07, 6.45) is 5.32. The van der Waals surface area contributed by atoms with Gasteiger partial charge < -0.3 is 5.11 Å². The molecule has 0 aromatic heterocycles. The molecule has 0 bridgehead atoms. The molecule has 2 aliphatic rings. The van der Waals surface area contributed by atoms with Gasteiger partial charge in [0.15, 0.2) is 0 Å². The zero-order valence-corrected chi connectivity index (χ0v) is 12.4. The van der Waals surface area contributed by atoms with Crippen molar-refractivity contribution >= 4 is 11.6 Å². The van der Waals surface area contributed by atoms with Crippen LogP contribution in [0.3, 0.4) is 0 Å². The van der Waals surface area contributed by atoms with E-state index in [4.69, 9.17) is 11.6 Å². The Balaban J connectivity index is 1.69. The summed E-state index contributed by atoms with van der Waals surface area (Å²) in [6, 6.07) is 4.94. The van der Waals surface area contributed by atoms with Gasteiger partial charge in [-0.3, -0.25) is 4.90 Å². The highest BCUT2D eigenvalue weighted by molar-refractivity contribution is 6.30. The van der Waals surface area contributed by atoms with Gasteiger partial charge in [-0.15, -0.1) is 0 Å². The summed E-state index contributed by atoms with van der Waals surface area (Å²) in [5, 5.41) is 10.5. The topological polar surface area (TPSA) is 23.5 Å². The summed E-state index contributed by atoms with van der Waals surface area (Å²) in [4.78, 5) is 2.38. The third kappa shape index (κ3) is 2.72. The van der Waals surface area contributed by atoms with Crippen molar-refractivity contribution in [2.24, 2.45) is 5.41 Å². The fourth-order valence-electron chi connectivity index (χ4n) is 3.89. The molecule has 0 radical (unpaired) electrons. The molecule has 1 spiro atoms. The van der Waals surface area contributed by atoms with Crippen LogP contribution in [-0.2, 0) is 6.54 Å². The Hall–Kier alpha value is -0.640. The van der Waals surface area contributed by atoms with Crippen LogP contribution in [0.15, 0.2) is 18.2 Å². The van der Waals surface area contributed by atoms with E-state index in [2.05, 4.69) is 4.90 Å². The van der Waals surface area contributed by atoms with Gasteiger partial charge in [0.1, 0.15) is 5.82 Å². The van der Waals surface area contributed by atoms with Crippen LogP contribution >= 0.6 is 11.6 Å². The lowest BCUT2D eigenvalue weighted by molar-refractivity contribution is -0.0120. The Labute approximate surface area is 124 Å². The van der Waals surface area contributed by atoms with Crippen molar-refractivity contribution in [2.45, 2.75) is 44.8 Å². The maximum Gasteiger partial charge on any atom is 0.141 e. The fraction of sp³-hybridized carbons (Fsp3) is 0.625. The van der Waals surface area contributed by atoms with Gasteiger partial charge in [-0.25, -0.2) is 4.39 Å². The molecule has 1 N–H and O–H groups in total. The number of likely N-dealkylation sites (tertiary alicyclic amines) is 1. The molecular formula is C16H21ClFNO. The average Bonchev–Trinajstić information content (AvgIpc) is 2.75. The summed E-state index contributed by atoms with van der Waals surface area (Å²) in [5.74, 6) is -0.364. The number of piperidine rings is 1. The molecule has 2 nitrogen and oxygen atoms in total. The van der Waals surface area contributed by atoms with Crippen molar-refractivity contribution in [1.82, 2.24) is 4.90 Å². The minimum Gasteiger partial charge on any atom is -0.393 e. The van der Waals surface area contributed by atoms with Crippen molar-refractivity contribution in [1.29, 1.82) is 0 Å². The first-order valence-corrected chi connectivity index (χ1v) is 7.81. The van der Waals surface area contributed by atoms with Crippen molar-refractivity contribution in [3.8, 4) is 0 Å². The molecule has 110 valence electrons. The lowest BCUT2D eigenvalue weighted by Crippen LogP contribution is -2.46. The van der Waals surface area contributed by atoms with Crippen molar-refractivity contribution < 1.29 is 9.50 Å². The second-order valence-electron chi connectivity index (χ2n) is 6.33. The van der Waals surface area contributed by atoms with Gasteiger partial charge in [0, 0.05) is 18.5 Å². The zero-order chi connectivity index (χ0) is 14.2. The molecule has 2 fully saturated rings. The Bertz CT molecular complexity index is 495. The molecule has 2 atom stereocenters. The molecule has 1 aromatic rings. The summed E-state index contributed by atoms with van der Waals surface area (Å²) in [6.45, 7) is 2.78. The van der Waals surface area contributed by atoms with E-state index >= 15 is 0 Å². The number of halogens is 2. The molecule has 20 heavy (non-hydrogen) atoms. The fourth-order valence-corrected chi connectivity index (χ4v) is 4.09. The van der Waals surface area contributed by atoms with Crippen LogP contribution in [0.5, 0.6) is 0 Å². The summed E-state index contributed by atoms with van der Waals surface area (Å²) < 4.78 is 13.2. The van der Waals surface area contributed by atoms with E-state index in [1.54, 1.807) is 12.1 Å². The van der Waals surface area contributed by atoms with E-state index in [0.717, 1.165) is 57.3 Å². The summed E-state index contributed by atoms with van der Waals surface area (Å²) in [5.41, 5.74) is 1.14. The van der Waals surface area contributed by atoms with Crippen molar-refractivity contribution in [2.75, 3.05) is 13.1 Å². The molecule has 1 aromatic carbocycles. The van der Waals surface area contributed by atoms with E-state index in [1.165, 1.54) is 6.07 Å². The van der Waals surface area contributed by atoms with Gasteiger partial charge in [0.05, 0.1) is 11.1 Å². The molecule has 1 saturated heterocycles. The van der Waals surface area contributed by atoms with Crippen molar-refractivity contribution in [3.05, 3.63) is 34.6 Å². The van der Waals surface area contributed by atoms with Crippen molar-refractivity contribution in [3.63, 3.8) is 0 Å². The van der Waals surface area contributed by atoms with Crippen LogP contribution in [0.1, 0.15) is 37.7 Å². The first-order valence-electron chi connectivity index (χ1n) is 7.43. The van der Waals surface area contributed by atoms with E-state index in [9.17, 15) is 9.50 Å². The maximum absolute atomic E-state index is 13.2. The number of hydrogen-bond acceptors (Lipinski definition) is 2. The minimum atomic E-state index is -0.364. The first-order chi connectivity index (χ1) is 9.59. The average molecular weight is 298 g/mol. The zero-order valence-electron chi connectivity index (χ0n) is 11.6. The number of benzene rings is 1. The van der Waals surface area contributed by atoms with Gasteiger partial charge in [0.2, 0.25) is 0 Å². The first kappa shape index (κ1) is 14.3. The van der Waals surface area contributed by atoms with E-state index in [-0.39, 0.29) is 22.4 Å². The highest BCUT2D eigenvalue weighted by Crippen LogP contribution is 2.45. The summed E-state index contributed by atoms with van der Waals surface area (Å²) in [7, 11) is 0. The van der Waals surface area contributed by atoms with Gasteiger partial charge >= 0.3 is 0 Å². The Morgan fingerprint density at radius 2 is 2.15 bits per heavy atom. The summed E-state index contributed by atoms with van der Waals surface area (Å²) >= 11 is 5.84. The lowest BCUT2D eigenvalue weighted by atomic mass is 9.76. The van der Waals surface area contributed by atoms with Crippen LogP contribution < -0.4 is 0 Å². The molecule has 0 amide bonds. The van der Waals surface area contributed by atoms with E-state index in [0.29, 0.717) is 0 Å². The number of rotatable bonds is 2. The molecule has 1 saturated carbocycles. The van der Waals surface area contributed by atoms with Gasteiger partial charge in [-0.1, -0.05) is 24.1 Å².